The van der Waals surface area contributed by atoms with Crippen LogP contribution in [-0.2, 0) is 0 Å². The van der Waals surface area contributed by atoms with Crippen LogP contribution in [0.4, 0.5) is 0 Å². The minimum atomic E-state index is -0.315. The Hall–Kier alpha value is -1.46. The number of halogens is 2. The summed E-state index contributed by atoms with van der Waals surface area (Å²) in [5.41, 5.74) is 1.05. The number of rotatable bonds is 2. The number of carbonyl (C=O) groups excluding carboxylic acids is 1. The van der Waals surface area contributed by atoms with E-state index in [-0.39, 0.29) is 17.0 Å². The number of benzene rings is 1. The molecular weight excluding hydrogens is 332 g/mol. The van der Waals surface area contributed by atoms with Gasteiger partial charge in [0.2, 0.25) is 0 Å². The Balaban J connectivity index is 2.74. The van der Waals surface area contributed by atoms with Gasteiger partial charge < -0.3 is 0 Å². The van der Waals surface area contributed by atoms with Crippen LogP contribution in [0.1, 0.15) is 23.0 Å². The minimum Gasteiger partial charge on any atom is -0.293 e. The SMILES string of the molecule is CC(=O)c1nn(-c2ccc(Cl)cc2)c(=O)c(Br)c1C. The summed E-state index contributed by atoms with van der Waals surface area (Å²) >= 11 is 9.02. The van der Waals surface area contributed by atoms with E-state index in [1.807, 2.05) is 0 Å². The number of Topliss-reactive ketones (excluding diaryl/α,β-unsaturated/α-hetero) is 1. The summed E-state index contributed by atoms with van der Waals surface area (Å²) in [6.45, 7) is 3.10. The van der Waals surface area contributed by atoms with Gasteiger partial charge in [0, 0.05) is 11.9 Å². The molecule has 0 unspecified atom stereocenters. The van der Waals surface area contributed by atoms with Gasteiger partial charge in [-0.3, -0.25) is 9.59 Å². The summed E-state index contributed by atoms with van der Waals surface area (Å²) in [6.07, 6.45) is 0. The fraction of sp³-hybridized carbons (Fsp3) is 0.154. The first-order valence-electron chi connectivity index (χ1n) is 5.48. The summed E-state index contributed by atoms with van der Waals surface area (Å²) in [6, 6.07) is 6.66. The molecule has 0 bridgehead atoms. The van der Waals surface area contributed by atoms with Crippen LogP contribution in [-0.4, -0.2) is 15.6 Å². The van der Waals surface area contributed by atoms with Crippen molar-refractivity contribution >= 4 is 33.3 Å². The molecule has 0 fully saturated rings. The van der Waals surface area contributed by atoms with Crippen LogP contribution in [0.2, 0.25) is 5.02 Å². The molecule has 19 heavy (non-hydrogen) atoms. The topological polar surface area (TPSA) is 52.0 Å². The summed E-state index contributed by atoms with van der Waals surface area (Å²) in [5, 5.41) is 4.68. The molecule has 0 aliphatic heterocycles. The van der Waals surface area contributed by atoms with Crippen molar-refractivity contribution in [2.75, 3.05) is 0 Å². The lowest BCUT2D eigenvalue weighted by Crippen LogP contribution is -2.25. The number of hydrogen-bond donors (Lipinski definition) is 0. The number of ketones is 1. The summed E-state index contributed by atoms with van der Waals surface area (Å²) in [5.74, 6) is -0.194. The van der Waals surface area contributed by atoms with Crippen molar-refractivity contribution in [2.24, 2.45) is 0 Å². The number of aromatic nitrogens is 2. The van der Waals surface area contributed by atoms with E-state index in [0.717, 1.165) is 0 Å². The largest absolute Gasteiger partial charge is 0.293 e. The molecule has 0 amide bonds. The van der Waals surface area contributed by atoms with Gasteiger partial charge in [0.1, 0.15) is 5.69 Å². The van der Waals surface area contributed by atoms with Gasteiger partial charge in [-0.25, -0.2) is 0 Å². The highest BCUT2D eigenvalue weighted by atomic mass is 79.9. The maximum absolute atomic E-state index is 12.2. The molecule has 0 N–H and O–H groups in total. The Bertz CT molecular complexity index is 708. The van der Waals surface area contributed by atoms with Gasteiger partial charge in [0.15, 0.2) is 5.78 Å². The average Bonchev–Trinajstić information content (AvgIpc) is 2.37. The summed E-state index contributed by atoms with van der Waals surface area (Å²) < 4.78 is 1.52. The Morgan fingerprint density at radius 1 is 1.32 bits per heavy atom. The molecule has 1 aromatic heterocycles. The molecule has 1 heterocycles. The zero-order valence-corrected chi connectivity index (χ0v) is 12.6. The molecule has 0 spiro atoms. The van der Waals surface area contributed by atoms with Gasteiger partial charge in [-0.1, -0.05) is 11.6 Å². The molecule has 0 atom stereocenters. The monoisotopic (exact) mass is 340 g/mol. The molecule has 0 aliphatic rings. The maximum Gasteiger partial charge on any atom is 0.286 e. The first-order valence-corrected chi connectivity index (χ1v) is 6.65. The van der Waals surface area contributed by atoms with E-state index in [1.54, 1.807) is 31.2 Å². The Kier molecular flexibility index (Phi) is 3.87. The molecule has 98 valence electrons. The first-order chi connectivity index (χ1) is 8.91. The smallest absolute Gasteiger partial charge is 0.286 e. The van der Waals surface area contributed by atoms with E-state index in [9.17, 15) is 9.59 Å². The normalized spacial score (nSPS) is 10.5. The van der Waals surface area contributed by atoms with Crippen molar-refractivity contribution in [3.8, 4) is 5.69 Å². The van der Waals surface area contributed by atoms with Gasteiger partial charge in [-0.2, -0.15) is 9.78 Å². The zero-order valence-electron chi connectivity index (χ0n) is 10.3. The average molecular weight is 342 g/mol. The molecule has 1 aromatic carbocycles. The van der Waals surface area contributed by atoms with Crippen LogP contribution in [0.15, 0.2) is 33.5 Å². The van der Waals surface area contributed by atoms with Crippen molar-refractivity contribution in [3.63, 3.8) is 0 Å². The summed E-state index contributed by atoms with van der Waals surface area (Å²) in [4.78, 5) is 23.7. The van der Waals surface area contributed by atoms with Crippen LogP contribution in [0.5, 0.6) is 0 Å². The van der Waals surface area contributed by atoms with Gasteiger partial charge in [0.05, 0.1) is 10.2 Å². The van der Waals surface area contributed by atoms with E-state index in [1.165, 1.54) is 11.6 Å². The molecule has 2 aromatic rings. The van der Waals surface area contributed by atoms with E-state index in [0.29, 0.717) is 20.7 Å². The van der Waals surface area contributed by atoms with Crippen molar-refractivity contribution < 1.29 is 4.79 Å². The fourth-order valence-electron chi connectivity index (χ4n) is 1.67. The van der Waals surface area contributed by atoms with Crippen LogP contribution in [0.3, 0.4) is 0 Å². The van der Waals surface area contributed by atoms with E-state index < -0.39 is 0 Å². The lowest BCUT2D eigenvalue weighted by molar-refractivity contribution is 0.101. The number of carbonyl (C=O) groups is 1. The first kappa shape index (κ1) is 14.0. The third-order valence-electron chi connectivity index (χ3n) is 2.67. The highest BCUT2D eigenvalue weighted by molar-refractivity contribution is 9.10. The second-order valence-corrected chi connectivity index (χ2v) is 5.27. The molecule has 0 saturated heterocycles. The van der Waals surface area contributed by atoms with Crippen LogP contribution in [0, 0.1) is 6.92 Å². The van der Waals surface area contributed by atoms with Crippen molar-refractivity contribution in [1.29, 1.82) is 0 Å². The standard InChI is InChI=1S/C13H10BrClN2O2/c1-7-11(14)13(19)17(16-12(7)8(2)18)10-5-3-9(15)4-6-10/h3-6H,1-2H3. The van der Waals surface area contributed by atoms with Crippen LogP contribution >= 0.6 is 27.5 Å². The third-order valence-corrected chi connectivity index (χ3v) is 3.86. The molecule has 6 heteroatoms. The Morgan fingerprint density at radius 2 is 1.89 bits per heavy atom. The van der Waals surface area contributed by atoms with Gasteiger partial charge in [0.25, 0.3) is 5.56 Å². The van der Waals surface area contributed by atoms with Crippen molar-refractivity contribution in [1.82, 2.24) is 9.78 Å². The van der Waals surface area contributed by atoms with Crippen LogP contribution < -0.4 is 5.56 Å². The second kappa shape index (κ2) is 5.27. The summed E-state index contributed by atoms with van der Waals surface area (Å²) in [7, 11) is 0. The van der Waals surface area contributed by atoms with Gasteiger partial charge in [-0.15, -0.1) is 0 Å². The molecule has 0 saturated carbocycles. The van der Waals surface area contributed by atoms with Gasteiger partial charge >= 0.3 is 0 Å². The quantitative estimate of drug-likeness (QED) is 0.788. The van der Waals surface area contributed by atoms with Crippen LogP contribution in [0.25, 0.3) is 5.69 Å². The predicted octanol–water partition coefficient (Wildman–Crippen LogP) is 3.16. The predicted molar refractivity (Wildman–Crippen MR) is 77.3 cm³/mol. The van der Waals surface area contributed by atoms with Gasteiger partial charge in [-0.05, 0) is 52.7 Å². The highest BCUT2D eigenvalue weighted by Gasteiger charge is 2.15. The molecule has 4 nitrogen and oxygen atoms in total. The molecular formula is C13H10BrClN2O2. The minimum absolute atomic E-state index is 0.194. The second-order valence-electron chi connectivity index (χ2n) is 4.04. The number of hydrogen-bond acceptors (Lipinski definition) is 3. The lowest BCUT2D eigenvalue weighted by Gasteiger charge is -2.09. The maximum atomic E-state index is 12.2. The lowest BCUT2D eigenvalue weighted by atomic mass is 10.2. The highest BCUT2D eigenvalue weighted by Crippen LogP contribution is 2.17. The van der Waals surface area contributed by atoms with E-state index in [4.69, 9.17) is 11.6 Å². The third kappa shape index (κ3) is 2.62. The fourth-order valence-corrected chi connectivity index (χ4v) is 2.15. The van der Waals surface area contributed by atoms with E-state index >= 15 is 0 Å². The Labute approximate surface area is 123 Å². The zero-order chi connectivity index (χ0) is 14.2. The van der Waals surface area contributed by atoms with Crippen molar-refractivity contribution in [3.05, 3.63) is 55.4 Å². The number of nitrogens with zero attached hydrogens (tertiary/aromatic N) is 2. The Morgan fingerprint density at radius 3 is 2.42 bits per heavy atom. The molecule has 0 aliphatic carbocycles. The molecule has 2 rings (SSSR count). The van der Waals surface area contributed by atoms with Crippen molar-refractivity contribution in [2.45, 2.75) is 13.8 Å². The molecule has 0 radical (unpaired) electrons. The van der Waals surface area contributed by atoms with E-state index in [2.05, 4.69) is 21.0 Å².